The molecule has 9 heteroatoms. The van der Waals surface area contributed by atoms with Crippen LogP contribution in [0, 0.1) is 5.92 Å². The Balaban J connectivity index is 2.24. The highest BCUT2D eigenvalue weighted by atomic mass is 16.7. The van der Waals surface area contributed by atoms with Crippen molar-refractivity contribution in [1.82, 2.24) is 0 Å². The van der Waals surface area contributed by atoms with Crippen molar-refractivity contribution >= 4 is 11.9 Å². The molecule has 1 aliphatic heterocycles. The van der Waals surface area contributed by atoms with Gasteiger partial charge in [0.15, 0.2) is 0 Å². The number of carbonyl (C=O) groups excluding carboxylic acids is 2. The maximum Gasteiger partial charge on any atom is 0.373 e. The standard InChI is InChI=1S/C25H34O9/c1-4-12-33-24(28)22-17-21(18-6-8-19(9-7-18)23(27)29-3)20(25(34-22)32-5-2)10-13-30-15-16-31-14-11-26/h4,6-9,17,20-21,25-26H,1,5,10-16H2,2-3H3/t20-,21+,25+/m0/s1. The molecule has 0 saturated heterocycles. The summed E-state index contributed by atoms with van der Waals surface area (Å²) in [6.45, 7) is 7.29. The van der Waals surface area contributed by atoms with E-state index in [4.69, 9.17) is 33.5 Å². The quantitative estimate of drug-likeness (QED) is 0.231. The molecule has 9 nitrogen and oxygen atoms in total. The monoisotopic (exact) mass is 478 g/mol. The molecule has 0 bridgehead atoms. The number of aliphatic hydroxyl groups is 1. The summed E-state index contributed by atoms with van der Waals surface area (Å²) in [5, 5.41) is 8.76. The predicted octanol–water partition coefficient (Wildman–Crippen LogP) is 2.59. The van der Waals surface area contributed by atoms with Crippen molar-refractivity contribution < 1.29 is 43.1 Å². The Morgan fingerprint density at radius 3 is 2.41 bits per heavy atom. The average Bonchev–Trinajstić information content (AvgIpc) is 2.86. The third kappa shape index (κ3) is 8.25. The molecule has 1 aromatic rings. The topological polar surface area (TPSA) is 110 Å². The molecule has 0 radical (unpaired) electrons. The molecular weight excluding hydrogens is 444 g/mol. The zero-order valence-electron chi connectivity index (χ0n) is 19.8. The third-order valence-electron chi connectivity index (χ3n) is 5.17. The molecule has 0 saturated carbocycles. The van der Waals surface area contributed by atoms with Crippen molar-refractivity contribution in [1.29, 1.82) is 0 Å². The van der Waals surface area contributed by atoms with Crippen LogP contribution in [0.1, 0.15) is 35.2 Å². The number of hydrogen-bond donors (Lipinski definition) is 1. The van der Waals surface area contributed by atoms with Crippen molar-refractivity contribution in [2.75, 3.05) is 53.4 Å². The highest BCUT2D eigenvalue weighted by Crippen LogP contribution is 2.39. The van der Waals surface area contributed by atoms with Crippen LogP contribution in [0.5, 0.6) is 0 Å². The van der Waals surface area contributed by atoms with Gasteiger partial charge in [-0.05, 0) is 37.1 Å². The van der Waals surface area contributed by atoms with Crippen molar-refractivity contribution in [2.24, 2.45) is 5.92 Å². The fourth-order valence-corrected chi connectivity index (χ4v) is 3.58. The SMILES string of the molecule is C=CCOC(=O)C1=C[C@H](c2ccc(C(=O)OC)cc2)[C@H](CCOCCOCCO)[C@H](OCC)O1. The van der Waals surface area contributed by atoms with Gasteiger partial charge in [0.25, 0.3) is 0 Å². The summed E-state index contributed by atoms with van der Waals surface area (Å²) < 4.78 is 32.6. The fraction of sp³-hybridized carbons (Fsp3) is 0.520. The summed E-state index contributed by atoms with van der Waals surface area (Å²) in [4.78, 5) is 24.4. The minimum absolute atomic E-state index is 0.0319. The average molecular weight is 479 g/mol. The van der Waals surface area contributed by atoms with Gasteiger partial charge < -0.3 is 33.5 Å². The molecule has 0 aromatic heterocycles. The van der Waals surface area contributed by atoms with Crippen molar-refractivity contribution in [2.45, 2.75) is 25.6 Å². The number of esters is 2. The maximum atomic E-state index is 12.5. The first-order valence-corrected chi connectivity index (χ1v) is 11.3. The zero-order chi connectivity index (χ0) is 24.8. The van der Waals surface area contributed by atoms with Crippen molar-refractivity contribution in [3.63, 3.8) is 0 Å². The smallest absolute Gasteiger partial charge is 0.373 e. The Hall–Kier alpha value is -2.72. The lowest BCUT2D eigenvalue weighted by atomic mass is 9.81. The first kappa shape index (κ1) is 27.5. The molecule has 0 aliphatic carbocycles. The first-order chi connectivity index (χ1) is 16.5. The molecule has 34 heavy (non-hydrogen) atoms. The van der Waals surface area contributed by atoms with Gasteiger partial charge in [-0.3, -0.25) is 0 Å². The molecule has 0 unspecified atom stereocenters. The number of ether oxygens (including phenoxy) is 6. The van der Waals surface area contributed by atoms with Gasteiger partial charge in [-0.1, -0.05) is 24.8 Å². The maximum absolute atomic E-state index is 12.5. The molecule has 1 aromatic carbocycles. The van der Waals surface area contributed by atoms with Gasteiger partial charge in [0.2, 0.25) is 12.0 Å². The van der Waals surface area contributed by atoms with Gasteiger partial charge in [0.05, 0.1) is 39.1 Å². The van der Waals surface area contributed by atoms with Crippen molar-refractivity contribution in [3.8, 4) is 0 Å². The van der Waals surface area contributed by atoms with E-state index in [-0.39, 0.29) is 37.4 Å². The number of aliphatic hydroxyl groups excluding tert-OH is 1. The van der Waals surface area contributed by atoms with E-state index in [1.54, 1.807) is 18.2 Å². The number of rotatable bonds is 15. The summed E-state index contributed by atoms with van der Waals surface area (Å²) in [5.74, 6) is -1.38. The Bertz CT molecular complexity index is 803. The normalized spacial score (nSPS) is 19.6. The molecule has 1 N–H and O–H groups in total. The second-order valence-electron chi connectivity index (χ2n) is 7.40. The second-order valence-corrected chi connectivity index (χ2v) is 7.40. The van der Waals surface area contributed by atoms with Gasteiger partial charge in [0, 0.05) is 25.0 Å². The lowest BCUT2D eigenvalue weighted by Crippen LogP contribution is -2.37. The minimum atomic E-state index is -0.694. The van der Waals surface area contributed by atoms with E-state index in [2.05, 4.69) is 6.58 Å². The van der Waals surface area contributed by atoms with Crippen LogP contribution in [0.3, 0.4) is 0 Å². The first-order valence-electron chi connectivity index (χ1n) is 11.3. The lowest BCUT2D eigenvalue weighted by Gasteiger charge is -2.36. The summed E-state index contributed by atoms with van der Waals surface area (Å²) in [5.41, 5.74) is 1.31. The number of hydrogen-bond acceptors (Lipinski definition) is 9. The van der Waals surface area contributed by atoms with E-state index in [0.717, 1.165) is 5.56 Å². The van der Waals surface area contributed by atoms with Crippen LogP contribution >= 0.6 is 0 Å². The molecule has 1 aliphatic rings. The number of benzene rings is 1. The molecule has 0 amide bonds. The molecule has 188 valence electrons. The molecule has 0 fully saturated rings. The summed E-state index contributed by atoms with van der Waals surface area (Å²) in [6.07, 6.45) is 3.10. The number of allylic oxidation sites excluding steroid dienone is 1. The summed E-state index contributed by atoms with van der Waals surface area (Å²) in [7, 11) is 1.33. The van der Waals surface area contributed by atoms with E-state index >= 15 is 0 Å². The zero-order valence-corrected chi connectivity index (χ0v) is 19.8. The fourth-order valence-electron chi connectivity index (χ4n) is 3.58. The molecule has 1 heterocycles. The third-order valence-corrected chi connectivity index (χ3v) is 5.17. The highest BCUT2D eigenvalue weighted by Gasteiger charge is 2.38. The van der Waals surface area contributed by atoms with Crippen LogP contribution in [0.25, 0.3) is 0 Å². The van der Waals surface area contributed by atoms with E-state index in [9.17, 15) is 9.59 Å². The van der Waals surface area contributed by atoms with E-state index < -0.39 is 18.2 Å². The Morgan fingerprint density at radius 1 is 1.09 bits per heavy atom. The van der Waals surface area contributed by atoms with Gasteiger partial charge in [0.1, 0.15) is 6.61 Å². The number of carbonyl (C=O) groups is 2. The highest BCUT2D eigenvalue weighted by molar-refractivity contribution is 5.89. The second kappa shape index (κ2) is 15.2. The van der Waals surface area contributed by atoms with Gasteiger partial charge in [-0.2, -0.15) is 0 Å². The molecule has 2 rings (SSSR count). The summed E-state index contributed by atoms with van der Waals surface area (Å²) >= 11 is 0. The van der Waals surface area contributed by atoms with E-state index in [1.807, 2.05) is 19.1 Å². The van der Waals surface area contributed by atoms with Crippen LogP contribution in [0.2, 0.25) is 0 Å². The van der Waals surface area contributed by atoms with Crippen LogP contribution in [-0.4, -0.2) is 76.7 Å². The number of methoxy groups -OCH3 is 1. The van der Waals surface area contributed by atoms with Crippen LogP contribution in [0.4, 0.5) is 0 Å². The van der Waals surface area contributed by atoms with Crippen LogP contribution in [-0.2, 0) is 33.2 Å². The van der Waals surface area contributed by atoms with E-state index in [1.165, 1.54) is 13.2 Å². The Labute approximate surface area is 200 Å². The molecule has 0 spiro atoms. The lowest BCUT2D eigenvalue weighted by molar-refractivity contribution is -0.176. The van der Waals surface area contributed by atoms with Gasteiger partial charge in [-0.15, -0.1) is 0 Å². The van der Waals surface area contributed by atoms with Crippen LogP contribution in [0.15, 0.2) is 48.8 Å². The predicted molar refractivity (Wildman–Crippen MR) is 123 cm³/mol. The van der Waals surface area contributed by atoms with Crippen LogP contribution < -0.4 is 0 Å². The van der Waals surface area contributed by atoms with E-state index in [0.29, 0.717) is 38.4 Å². The Morgan fingerprint density at radius 2 is 1.79 bits per heavy atom. The molecular formula is C25H34O9. The largest absolute Gasteiger partial charge is 0.465 e. The van der Waals surface area contributed by atoms with Crippen molar-refractivity contribution in [3.05, 3.63) is 59.9 Å². The minimum Gasteiger partial charge on any atom is -0.465 e. The van der Waals surface area contributed by atoms with Gasteiger partial charge >= 0.3 is 11.9 Å². The van der Waals surface area contributed by atoms with Gasteiger partial charge in [-0.25, -0.2) is 9.59 Å². The molecule has 3 atom stereocenters. The summed E-state index contributed by atoms with van der Waals surface area (Å²) in [6, 6.07) is 7.01. The Kier molecular flexibility index (Phi) is 12.3.